The van der Waals surface area contributed by atoms with Gasteiger partial charge < -0.3 is 23.2 Å². The maximum absolute atomic E-state index is 7.08. The van der Waals surface area contributed by atoms with Gasteiger partial charge in [-0.15, -0.1) is 0 Å². The Morgan fingerprint density at radius 2 is 0.740 bits per heavy atom. The number of para-hydroxylation sites is 5. The molecule has 0 saturated heterocycles. The van der Waals surface area contributed by atoms with Crippen molar-refractivity contribution in [3.63, 3.8) is 0 Å². The summed E-state index contributed by atoms with van der Waals surface area (Å²) >= 11 is 0. The van der Waals surface area contributed by atoms with E-state index in [2.05, 4.69) is 289 Å². The van der Waals surface area contributed by atoms with Gasteiger partial charge in [0.1, 0.15) is 11.2 Å². The minimum absolute atomic E-state index is 0.838. The highest BCUT2D eigenvalue weighted by atomic mass is 16.3. The van der Waals surface area contributed by atoms with Crippen molar-refractivity contribution in [3.8, 4) is 27.9 Å². The molecule has 0 N–H and O–H groups in total. The molecule has 0 fully saturated rings. The van der Waals surface area contributed by atoms with E-state index in [-0.39, 0.29) is 0 Å². The zero-order chi connectivity index (χ0) is 51.1. The Labute approximate surface area is 445 Å². The molecule has 0 aliphatic carbocycles. The minimum atomic E-state index is 0.838. The van der Waals surface area contributed by atoms with Crippen molar-refractivity contribution in [2.75, 3.05) is 9.80 Å². The van der Waals surface area contributed by atoms with Crippen molar-refractivity contribution >= 4 is 111 Å². The lowest BCUT2D eigenvalue weighted by Gasteiger charge is -2.26. The predicted molar refractivity (Wildman–Crippen MR) is 323 cm³/mol. The van der Waals surface area contributed by atoms with Crippen LogP contribution in [0, 0.1) is 13.8 Å². The third kappa shape index (κ3) is 7.31. The molecular weight excluding hydrogens is 939 g/mol. The van der Waals surface area contributed by atoms with Crippen LogP contribution in [-0.2, 0) is 0 Å². The topological polar surface area (TPSA) is 37.7 Å². The Hall–Kier alpha value is -10.1. The van der Waals surface area contributed by atoms with Gasteiger partial charge in [0.2, 0.25) is 0 Å². The molecular formula is C72H49N3O2. The standard InChI is InChI=1S/C72H49N3O2/c1-46-30-35-53(36-31-46)73(65-28-14-26-62-60-24-12-22-57(69(60)76-71(62)65)48-16-6-3-7-17-48)55-39-34-50-43-64-59-41-40-56(45-68(59)75(52-20-10-5-11-21-52)67(64)44-51(50)42-55)74(54-37-32-47(2)33-38-54)66-29-15-27-63-61-25-13-23-58(70(61)77-72(63)66)49-18-8-4-9-19-49/h3-45H,1-2H3. The monoisotopic (exact) mass is 987 g/mol. The van der Waals surface area contributed by atoms with Gasteiger partial charge in [-0.1, -0.05) is 187 Å². The molecule has 0 bridgehead atoms. The number of aromatic nitrogens is 1. The summed E-state index contributed by atoms with van der Waals surface area (Å²) in [6, 6.07) is 93.9. The second kappa shape index (κ2) is 17.8. The fraction of sp³-hybridized carbons (Fsp3) is 0.0278. The largest absolute Gasteiger partial charge is 0.453 e. The van der Waals surface area contributed by atoms with Gasteiger partial charge in [0.05, 0.1) is 22.4 Å². The van der Waals surface area contributed by atoms with Crippen LogP contribution in [0.5, 0.6) is 0 Å². The molecule has 0 atom stereocenters. The van der Waals surface area contributed by atoms with E-state index < -0.39 is 0 Å². The summed E-state index contributed by atoms with van der Waals surface area (Å²) in [5.41, 5.74) is 19.6. The molecule has 0 aliphatic rings. The highest BCUT2D eigenvalue weighted by Crippen LogP contribution is 2.48. The molecule has 15 aromatic rings. The Bertz CT molecular complexity index is 4750. The quantitative estimate of drug-likeness (QED) is 0.144. The predicted octanol–water partition coefficient (Wildman–Crippen LogP) is 20.6. The van der Waals surface area contributed by atoms with Crippen LogP contribution < -0.4 is 9.80 Å². The van der Waals surface area contributed by atoms with Gasteiger partial charge in [-0.25, -0.2) is 0 Å². The molecule has 0 amide bonds. The number of rotatable bonds is 9. The van der Waals surface area contributed by atoms with Crippen LogP contribution in [0.4, 0.5) is 34.1 Å². The van der Waals surface area contributed by atoms with E-state index >= 15 is 0 Å². The van der Waals surface area contributed by atoms with Crippen molar-refractivity contribution in [2.24, 2.45) is 0 Å². The lowest BCUT2D eigenvalue weighted by atomic mass is 10.0. The average molecular weight is 988 g/mol. The first kappa shape index (κ1) is 44.4. The van der Waals surface area contributed by atoms with Gasteiger partial charge in [0, 0.05) is 71.9 Å². The Balaban J connectivity index is 0.924. The SMILES string of the molecule is Cc1ccc(N(c2ccc3cc4c5ccc(N(c6ccc(C)cc6)c6cccc7c6oc6c(-c8ccccc8)cccc67)cc5n(-c5ccccc5)c4cc3c2)c2cccc3c2oc2c(-c4ccccc4)cccc23)cc1. The van der Waals surface area contributed by atoms with Crippen LogP contribution in [0.1, 0.15) is 11.1 Å². The maximum Gasteiger partial charge on any atom is 0.159 e. The van der Waals surface area contributed by atoms with Crippen LogP contribution in [0.3, 0.4) is 0 Å². The number of anilines is 6. The zero-order valence-corrected chi connectivity index (χ0v) is 42.5. The van der Waals surface area contributed by atoms with E-state index in [0.29, 0.717) is 0 Å². The number of aryl methyl sites for hydroxylation is 2. The molecule has 0 aliphatic heterocycles. The smallest absolute Gasteiger partial charge is 0.159 e. The van der Waals surface area contributed by atoms with E-state index in [9.17, 15) is 0 Å². The highest BCUT2D eigenvalue weighted by Gasteiger charge is 2.25. The Kier molecular flexibility index (Phi) is 10.3. The molecule has 364 valence electrons. The minimum Gasteiger partial charge on any atom is -0.453 e. The van der Waals surface area contributed by atoms with E-state index in [1.54, 1.807) is 0 Å². The Morgan fingerprint density at radius 3 is 1.27 bits per heavy atom. The van der Waals surface area contributed by atoms with E-state index in [4.69, 9.17) is 8.83 Å². The lowest BCUT2D eigenvalue weighted by Crippen LogP contribution is -2.10. The third-order valence-electron chi connectivity index (χ3n) is 15.5. The molecule has 3 aromatic heterocycles. The van der Waals surface area contributed by atoms with Crippen molar-refractivity contribution in [2.45, 2.75) is 13.8 Å². The molecule has 12 aromatic carbocycles. The van der Waals surface area contributed by atoms with Crippen LogP contribution in [0.25, 0.3) is 104 Å². The molecule has 15 rings (SSSR count). The van der Waals surface area contributed by atoms with Crippen molar-refractivity contribution < 1.29 is 8.83 Å². The Morgan fingerprint density at radius 1 is 0.299 bits per heavy atom. The van der Waals surface area contributed by atoms with Gasteiger partial charge in [-0.05, 0) is 121 Å². The molecule has 0 saturated carbocycles. The number of nitrogens with zero attached hydrogens (tertiary/aromatic N) is 3. The van der Waals surface area contributed by atoms with Crippen molar-refractivity contribution in [3.05, 3.63) is 272 Å². The zero-order valence-electron chi connectivity index (χ0n) is 42.5. The van der Waals surface area contributed by atoms with Crippen LogP contribution in [0.15, 0.2) is 270 Å². The number of benzene rings is 12. The second-order valence-electron chi connectivity index (χ2n) is 20.2. The summed E-state index contributed by atoms with van der Waals surface area (Å²) in [4.78, 5) is 4.70. The lowest BCUT2D eigenvalue weighted by molar-refractivity contribution is 0.670. The summed E-state index contributed by atoms with van der Waals surface area (Å²) in [6.45, 7) is 4.27. The van der Waals surface area contributed by atoms with Crippen molar-refractivity contribution in [1.29, 1.82) is 0 Å². The fourth-order valence-corrected chi connectivity index (χ4v) is 11.8. The van der Waals surface area contributed by atoms with Crippen LogP contribution >= 0.6 is 0 Å². The van der Waals surface area contributed by atoms with Gasteiger partial charge in [0.25, 0.3) is 0 Å². The summed E-state index contributed by atoms with van der Waals surface area (Å²) in [5.74, 6) is 0. The maximum atomic E-state index is 7.08. The molecule has 77 heavy (non-hydrogen) atoms. The molecule has 3 heterocycles. The van der Waals surface area contributed by atoms with Gasteiger partial charge in [-0.2, -0.15) is 0 Å². The average Bonchev–Trinajstić information content (AvgIpc) is 4.26. The fourth-order valence-electron chi connectivity index (χ4n) is 11.8. The van der Waals surface area contributed by atoms with Crippen molar-refractivity contribution in [1.82, 2.24) is 4.57 Å². The van der Waals surface area contributed by atoms with Crippen LogP contribution in [0.2, 0.25) is 0 Å². The summed E-state index contributed by atoms with van der Waals surface area (Å²) in [5, 5.41) is 8.97. The number of furan rings is 2. The third-order valence-corrected chi connectivity index (χ3v) is 15.5. The normalized spacial score (nSPS) is 11.8. The summed E-state index contributed by atoms with van der Waals surface area (Å²) in [6.07, 6.45) is 0. The van der Waals surface area contributed by atoms with E-state index in [1.165, 1.54) is 21.9 Å². The van der Waals surface area contributed by atoms with E-state index in [0.717, 1.165) is 128 Å². The molecule has 5 nitrogen and oxygen atoms in total. The van der Waals surface area contributed by atoms with E-state index in [1.807, 2.05) is 0 Å². The van der Waals surface area contributed by atoms with Gasteiger partial charge >= 0.3 is 0 Å². The number of hydrogen-bond acceptors (Lipinski definition) is 4. The first-order chi connectivity index (χ1) is 38.0. The number of hydrogen-bond donors (Lipinski definition) is 0. The molecule has 0 unspecified atom stereocenters. The highest BCUT2D eigenvalue weighted by molar-refractivity contribution is 6.17. The second-order valence-corrected chi connectivity index (χ2v) is 20.2. The number of fused-ring (bicyclic) bond motifs is 10. The van der Waals surface area contributed by atoms with Crippen LogP contribution in [-0.4, -0.2) is 4.57 Å². The first-order valence-electron chi connectivity index (χ1n) is 26.3. The molecule has 5 heteroatoms. The summed E-state index contributed by atoms with van der Waals surface area (Å²) < 4.78 is 16.6. The van der Waals surface area contributed by atoms with Gasteiger partial charge in [0.15, 0.2) is 11.2 Å². The first-order valence-corrected chi connectivity index (χ1v) is 26.3. The molecule has 0 spiro atoms. The molecule has 0 radical (unpaired) electrons. The summed E-state index contributed by atoms with van der Waals surface area (Å²) in [7, 11) is 0. The van der Waals surface area contributed by atoms with Gasteiger partial charge in [-0.3, -0.25) is 0 Å².